The van der Waals surface area contributed by atoms with E-state index in [4.69, 9.17) is 0 Å². The smallest absolute Gasteiger partial charge is 0.266 e. The van der Waals surface area contributed by atoms with Crippen molar-refractivity contribution in [3.05, 3.63) is 0 Å². The summed E-state index contributed by atoms with van der Waals surface area (Å²) >= 11 is 0. The second kappa shape index (κ2) is 3.69. The summed E-state index contributed by atoms with van der Waals surface area (Å²) in [5.74, 6) is 0. The van der Waals surface area contributed by atoms with E-state index >= 15 is 0 Å². The Morgan fingerprint density at radius 3 is 1.75 bits per heavy atom. The van der Waals surface area contributed by atoms with Crippen LogP contribution in [0.3, 0.4) is 0 Å². The molecular weight excluding hydrogens is 162 g/mol. The average Bonchev–Trinajstić information content (AvgIpc) is 1.82. The molecule has 0 fully saturated rings. The van der Waals surface area contributed by atoms with E-state index in [1.165, 1.54) is 6.92 Å². The van der Waals surface area contributed by atoms with E-state index in [9.17, 15) is 13.9 Å². The fourth-order valence-corrected chi connectivity index (χ4v) is 0.737. The van der Waals surface area contributed by atoms with E-state index in [-0.39, 0.29) is 11.8 Å². The van der Waals surface area contributed by atoms with E-state index in [2.05, 4.69) is 0 Å². The molecule has 3 heteroatoms. The van der Waals surface area contributed by atoms with Crippen LogP contribution in [0.1, 0.15) is 40.5 Å². The highest BCUT2D eigenvalue weighted by Crippen LogP contribution is 2.28. The van der Waals surface area contributed by atoms with Gasteiger partial charge in [-0.25, -0.2) is 8.78 Å². The lowest BCUT2D eigenvalue weighted by molar-refractivity contribution is -0.0922. The monoisotopic (exact) mass is 180 g/mol. The van der Waals surface area contributed by atoms with E-state index < -0.39 is 12.0 Å². The van der Waals surface area contributed by atoms with Crippen LogP contribution in [0, 0.1) is 5.41 Å². The maximum Gasteiger partial charge on any atom is 0.266 e. The van der Waals surface area contributed by atoms with Gasteiger partial charge in [-0.05, 0) is 25.2 Å². The largest absolute Gasteiger partial charge is 0.384 e. The second-order valence-corrected chi connectivity index (χ2v) is 4.72. The molecule has 0 aliphatic heterocycles. The first-order chi connectivity index (χ1) is 5.15. The Morgan fingerprint density at radius 1 is 1.08 bits per heavy atom. The van der Waals surface area contributed by atoms with Crippen molar-refractivity contribution in [1.29, 1.82) is 0 Å². The van der Waals surface area contributed by atoms with E-state index in [0.717, 1.165) is 0 Å². The number of rotatable bonds is 3. The minimum atomic E-state index is -2.65. The third-order valence-electron chi connectivity index (χ3n) is 1.85. The zero-order valence-electron chi connectivity index (χ0n) is 8.19. The summed E-state index contributed by atoms with van der Waals surface area (Å²) in [4.78, 5) is 0. The molecule has 0 aromatic heterocycles. The summed E-state index contributed by atoms with van der Waals surface area (Å²) in [6.45, 7) is 7.08. The Hall–Kier alpha value is -0.180. The second-order valence-electron chi connectivity index (χ2n) is 4.72. The molecule has 0 rings (SSSR count). The van der Waals surface area contributed by atoms with Gasteiger partial charge in [0.15, 0.2) is 0 Å². The normalized spacial score (nSPS) is 18.0. The highest BCUT2D eigenvalue weighted by atomic mass is 19.3. The van der Waals surface area contributed by atoms with E-state index in [1.54, 1.807) is 0 Å². The fourth-order valence-electron chi connectivity index (χ4n) is 0.737. The Labute approximate surface area is 72.8 Å². The Balaban J connectivity index is 3.93. The molecule has 0 saturated heterocycles. The van der Waals surface area contributed by atoms with Crippen LogP contribution in [0.4, 0.5) is 8.78 Å². The molecule has 74 valence electrons. The van der Waals surface area contributed by atoms with Crippen LogP contribution in [0.2, 0.25) is 0 Å². The molecule has 0 unspecified atom stereocenters. The van der Waals surface area contributed by atoms with Crippen LogP contribution < -0.4 is 0 Å². The first-order valence-electron chi connectivity index (χ1n) is 4.16. The van der Waals surface area contributed by atoms with Gasteiger partial charge in [-0.2, -0.15) is 0 Å². The maximum absolute atomic E-state index is 12.1. The summed E-state index contributed by atoms with van der Waals surface area (Å²) in [7, 11) is 0. The molecule has 0 aliphatic rings. The van der Waals surface area contributed by atoms with Gasteiger partial charge in [-0.15, -0.1) is 0 Å². The summed E-state index contributed by atoms with van der Waals surface area (Å²) in [5.41, 5.74) is -1.83. The lowest BCUT2D eigenvalue weighted by Gasteiger charge is -2.26. The van der Waals surface area contributed by atoms with Crippen molar-refractivity contribution < 1.29 is 13.9 Å². The van der Waals surface area contributed by atoms with Gasteiger partial charge in [-0.1, -0.05) is 20.8 Å². The van der Waals surface area contributed by atoms with Crippen LogP contribution in [0.5, 0.6) is 0 Å². The standard InChI is InChI=1S/C9H18F2O/c1-8(2,3)5-6-9(4,12)7(10)11/h7,12H,5-6H2,1-4H3/t9-/m1/s1. The third-order valence-corrected chi connectivity index (χ3v) is 1.85. The highest BCUT2D eigenvalue weighted by Gasteiger charge is 2.32. The van der Waals surface area contributed by atoms with Crippen molar-refractivity contribution in [2.45, 2.75) is 52.6 Å². The van der Waals surface area contributed by atoms with Crippen LogP contribution in [-0.2, 0) is 0 Å². The first kappa shape index (κ1) is 11.8. The van der Waals surface area contributed by atoms with Crippen LogP contribution in [0.25, 0.3) is 0 Å². The van der Waals surface area contributed by atoms with Crippen molar-refractivity contribution >= 4 is 0 Å². The van der Waals surface area contributed by atoms with Crippen molar-refractivity contribution in [3.8, 4) is 0 Å². The molecule has 0 aliphatic carbocycles. The molecule has 1 nitrogen and oxygen atoms in total. The number of alkyl halides is 2. The van der Waals surface area contributed by atoms with E-state index in [1.807, 2.05) is 20.8 Å². The van der Waals surface area contributed by atoms with Crippen molar-refractivity contribution in [2.24, 2.45) is 5.41 Å². The molecule has 0 aromatic rings. The van der Waals surface area contributed by atoms with Gasteiger partial charge in [0.1, 0.15) is 5.60 Å². The summed E-state index contributed by atoms with van der Waals surface area (Å²) in [5, 5.41) is 9.21. The van der Waals surface area contributed by atoms with Crippen molar-refractivity contribution in [3.63, 3.8) is 0 Å². The number of hydrogen-bond acceptors (Lipinski definition) is 1. The quantitative estimate of drug-likeness (QED) is 0.708. The lowest BCUT2D eigenvalue weighted by Crippen LogP contribution is -2.34. The molecule has 0 amide bonds. The van der Waals surface area contributed by atoms with Gasteiger partial charge in [0.05, 0.1) is 0 Å². The van der Waals surface area contributed by atoms with E-state index in [0.29, 0.717) is 6.42 Å². The lowest BCUT2D eigenvalue weighted by atomic mass is 9.85. The van der Waals surface area contributed by atoms with Gasteiger partial charge < -0.3 is 5.11 Å². The van der Waals surface area contributed by atoms with Gasteiger partial charge in [-0.3, -0.25) is 0 Å². The third kappa shape index (κ3) is 4.65. The zero-order chi connectivity index (χ0) is 9.99. The van der Waals surface area contributed by atoms with Gasteiger partial charge in [0.2, 0.25) is 0 Å². The molecule has 0 aromatic carbocycles. The topological polar surface area (TPSA) is 20.2 Å². The molecule has 12 heavy (non-hydrogen) atoms. The predicted octanol–water partition coefficient (Wildman–Crippen LogP) is 2.83. The molecular formula is C9H18F2O. The molecule has 0 saturated carbocycles. The molecule has 0 heterocycles. The van der Waals surface area contributed by atoms with Crippen molar-refractivity contribution in [1.82, 2.24) is 0 Å². The minimum absolute atomic E-state index is 0.00111. The van der Waals surface area contributed by atoms with Crippen LogP contribution in [-0.4, -0.2) is 17.1 Å². The fraction of sp³-hybridized carbons (Fsp3) is 1.00. The van der Waals surface area contributed by atoms with Crippen LogP contribution >= 0.6 is 0 Å². The van der Waals surface area contributed by atoms with Gasteiger partial charge in [0.25, 0.3) is 6.43 Å². The Bertz CT molecular complexity index is 136. The molecule has 0 spiro atoms. The first-order valence-corrected chi connectivity index (χ1v) is 4.16. The van der Waals surface area contributed by atoms with Crippen LogP contribution in [0.15, 0.2) is 0 Å². The zero-order valence-corrected chi connectivity index (χ0v) is 8.19. The highest BCUT2D eigenvalue weighted by molar-refractivity contribution is 4.78. The average molecular weight is 180 g/mol. The Kier molecular flexibility index (Phi) is 3.63. The number of aliphatic hydroxyl groups is 1. The summed E-state index contributed by atoms with van der Waals surface area (Å²) < 4.78 is 24.3. The number of hydrogen-bond donors (Lipinski definition) is 1. The Morgan fingerprint density at radius 2 is 1.50 bits per heavy atom. The summed E-state index contributed by atoms with van der Waals surface area (Å²) in [6, 6.07) is 0. The minimum Gasteiger partial charge on any atom is -0.384 e. The molecule has 1 atom stereocenters. The maximum atomic E-state index is 12.1. The molecule has 1 N–H and O–H groups in total. The van der Waals surface area contributed by atoms with Crippen molar-refractivity contribution in [2.75, 3.05) is 0 Å². The predicted molar refractivity (Wildman–Crippen MR) is 45.3 cm³/mol. The number of halogens is 2. The van der Waals surface area contributed by atoms with Gasteiger partial charge >= 0.3 is 0 Å². The van der Waals surface area contributed by atoms with Gasteiger partial charge in [0, 0.05) is 0 Å². The molecule has 0 radical (unpaired) electrons. The summed E-state index contributed by atoms with van der Waals surface area (Å²) in [6.07, 6.45) is -1.90. The molecule has 0 bridgehead atoms. The SMILES string of the molecule is CC(C)(C)CC[C@@](C)(O)C(F)F.